The van der Waals surface area contributed by atoms with Crippen LogP contribution in [0.2, 0.25) is 0 Å². The lowest BCUT2D eigenvalue weighted by molar-refractivity contribution is -0.129. The third kappa shape index (κ3) is 4.89. The molecule has 6 heteroatoms. The van der Waals surface area contributed by atoms with Gasteiger partial charge in [0.05, 0.1) is 0 Å². The van der Waals surface area contributed by atoms with Crippen molar-refractivity contribution in [3.8, 4) is 10.6 Å². The summed E-state index contributed by atoms with van der Waals surface area (Å²) in [6, 6.07) is 9.60. The van der Waals surface area contributed by atoms with E-state index in [4.69, 9.17) is 4.74 Å². The first-order chi connectivity index (χ1) is 11.0. The SMILES string of the molecule is CC(C)CNC(=O)[C@@H](C)OC(=O)c1csc(-c2ccccc2)n1. The van der Waals surface area contributed by atoms with Crippen LogP contribution in [-0.4, -0.2) is 29.5 Å². The van der Waals surface area contributed by atoms with Gasteiger partial charge < -0.3 is 10.1 Å². The zero-order valence-corrected chi connectivity index (χ0v) is 14.2. The molecule has 1 heterocycles. The van der Waals surface area contributed by atoms with E-state index in [-0.39, 0.29) is 11.6 Å². The predicted molar refractivity (Wildman–Crippen MR) is 90.3 cm³/mol. The first kappa shape index (κ1) is 17.1. The number of ether oxygens (including phenoxy) is 1. The maximum atomic E-state index is 12.1. The van der Waals surface area contributed by atoms with Gasteiger partial charge in [-0.05, 0) is 12.8 Å². The van der Waals surface area contributed by atoms with Crippen molar-refractivity contribution in [2.45, 2.75) is 26.9 Å². The quantitative estimate of drug-likeness (QED) is 0.825. The van der Waals surface area contributed by atoms with Crippen LogP contribution in [-0.2, 0) is 9.53 Å². The number of carbonyl (C=O) groups excluding carboxylic acids is 2. The summed E-state index contributed by atoms with van der Waals surface area (Å²) in [5.74, 6) is -0.546. The molecule has 0 radical (unpaired) electrons. The molecule has 1 N–H and O–H groups in total. The minimum absolute atomic E-state index is 0.220. The summed E-state index contributed by atoms with van der Waals surface area (Å²) in [6.45, 7) is 6.10. The van der Waals surface area contributed by atoms with Crippen LogP contribution < -0.4 is 5.32 Å². The molecule has 1 aromatic heterocycles. The van der Waals surface area contributed by atoms with Gasteiger partial charge in [0.15, 0.2) is 11.8 Å². The van der Waals surface area contributed by atoms with Crippen molar-refractivity contribution >= 4 is 23.2 Å². The second kappa shape index (κ2) is 7.87. The van der Waals surface area contributed by atoms with E-state index in [1.54, 1.807) is 12.3 Å². The number of benzene rings is 1. The van der Waals surface area contributed by atoms with E-state index >= 15 is 0 Å². The Morgan fingerprint density at radius 1 is 1.22 bits per heavy atom. The fraction of sp³-hybridized carbons (Fsp3) is 0.353. The highest BCUT2D eigenvalue weighted by Crippen LogP contribution is 2.23. The number of nitrogens with one attached hydrogen (secondary N) is 1. The molecule has 2 rings (SSSR count). The maximum absolute atomic E-state index is 12.1. The van der Waals surface area contributed by atoms with Crippen LogP contribution in [0, 0.1) is 5.92 Å². The Balaban J connectivity index is 1.96. The summed E-state index contributed by atoms with van der Waals surface area (Å²) in [5.41, 5.74) is 1.16. The van der Waals surface area contributed by atoms with Crippen molar-refractivity contribution < 1.29 is 14.3 Å². The summed E-state index contributed by atoms with van der Waals surface area (Å²) in [5, 5.41) is 5.12. The molecule has 23 heavy (non-hydrogen) atoms. The second-order valence-electron chi connectivity index (χ2n) is 5.59. The van der Waals surface area contributed by atoms with Gasteiger partial charge >= 0.3 is 5.97 Å². The zero-order chi connectivity index (χ0) is 16.8. The first-order valence-corrected chi connectivity index (χ1v) is 8.35. The molecule has 0 spiro atoms. The Bertz CT molecular complexity index is 667. The molecule has 122 valence electrons. The molecule has 0 fully saturated rings. The van der Waals surface area contributed by atoms with Crippen LogP contribution >= 0.6 is 11.3 Å². The Labute approximate surface area is 139 Å². The Hall–Kier alpha value is -2.21. The number of hydrogen-bond acceptors (Lipinski definition) is 5. The standard InChI is InChI=1S/C17H20N2O3S/c1-11(2)9-18-15(20)12(3)22-17(21)14-10-23-16(19-14)13-7-5-4-6-8-13/h4-8,10-12H,9H2,1-3H3,(H,18,20)/t12-/m1/s1. The van der Waals surface area contributed by atoms with Gasteiger partial charge in [-0.2, -0.15) is 0 Å². The second-order valence-corrected chi connectivity index (χ2v) is 6.45. The minimum atomic E-state index is -0.844. The molecule has 5 nitrogen and oxygen atoms in total. The molecule has 1 atom stereocenters. The van der Waals surface area contributed by atoms with Crippen LogP contribution in [0.15, 0.2) is 35.7 Å². The van der Waals surface area contributed by atoms with Crippen molar-refractivity contribution in [1.29, 1.82) is 0 Å². The summed E-state index contributed by atoms with van der Waals surface area (Å²) in [4.78, 5) is 28.2. The molecule has 0 aliphatic carbocycles. The van der Waals surface area contributed by atoms with Crippen molar-refractivity contribution in [3.63, 3.8) is 0 Å². The highest BCUT2D eigenvalue weighted by atomic mass is 32.1. The molecule has 1 amide bonds. The van der Waals surface area contributed by atoms with Gasteiger partial charge in [-0.25, -0.2) is 9.78 Å². The molecule has 1 aromatic carbocycles. The van der Waals surface area contributed by atoms with Crippen LogP contribution in [0.4, 0.5) is 0 Å². The van der Waals surface area contributed by atoms with Gasteiger partial charge in [0.25, 0.3) is 5.91 Å². The lowest BCUT2D eigenvalue weighted by Crippen LogP contribution is -2.37. The molecule has 0 bridgehead atoms. The molecule has 0 unspecified atom stereocenters. The average molecular weight is 332 g/mol. The predicted octanol–water partition coefficient (Wildman–Crippen LogP) is 3.13. The van der Waals surface area contributed by atoms with E-state index in [1.807, 2.05) is 44.2 Å². The third-order valence-corrected chi connectivity index (χ3v) is 3.96. The number of esters is 1. The molecule has 0 aliphatic heterocycles. The third-order valence-electron chi connectivity index (χ3n) is 3.07. The molecule has 0 saturated heterocycles. The topological polar surface area (TPSA) is 68.3 Å². The molecule has 0 saturated carbocycles. The largest absolute Gasteiger partial charge is 0.448 e. The summed E-state index contributed by atoms with van der Waals surface area (Å²) in [7, 11) is 0. The van der Waals surface area contributed by atoms with Crippen molar-refractivity contribution in [2.75, 3.05) is 6.54 Å². The number of nitrogens with zero attached hydrogens (tertiary/aromatic N) is 1. The zero-order valence-electron chi connectivity index (χ0n) is 13.4. The average Bonchev–Trinajstić information content (AvgIpc) is 3.03. The van der Waals surface area contributed by atoms with Crippen LogP contribution in [0.5, 0.6) is 0 Å². The van der Waals surface area contributed by atoms with E-state index in [0.717, 1.165) is 10.6 Å². The van der Waals surface area contributed by atoms with E-state index in [9.17, 15) is 9.59 Å². The van der Waals surface area contributed by atoms with Crippen molar-refractivity contribution in [3.05, 3.63) is 41.4 Å². The first-order valence-electron chi connectivity index (χ1n) is 7.47. The van der Waals surface area contributed by atoms with Gasteiger partial charge in [-0.15, -0.1) is 11.3 Å². The monoisotopic (exact) mass is 332 g/mol. The van der Waals surface area contributed by atoms with E-state index in [1.165, 1.54) is 11.3 Å². The fourth-order valence-corrected chi connectivity index (χ4v) is 2.60. The highest BCUT2D eigenvalue weighted by Gasteiger charge is 2.21. The van der Waals surface area contributed by atoms with Gasteiger partial charge in [0.2, 0.25) is 0 Å². The van der Waals surface area contributed by atoms with Gasteiger partial charge in [0, 0.05) is 17.5 Å². The Morgan fingerprint density at radius 3 is 2.57 bits per heavy atom. The number of hydrogen-bond donors (Lipinski definition) is 1. The van der Waals surface area contributed by atoms with E-state index in [0.29, 0.717) is 12.5 Å². The normalized spacial score (nSPS) is 12.0. The summed E-state index contributed by atoms with van der Waals surface area (Å²) >= 11 is 1.37. The summed E-state index contributed by atoms with van der Waals surface area (Å²) < 4.78 is 5.17. The van der Waals surface area contributed by atoms with Crippen LogP contribution in [0.3, 0.4) is 0 Å². The van der Waals surface area contributed by atoms with E-state index in [2.05, 4.69) is 10.3 Å². The van der Waals surface area contributed by atoms with Crippen molar-refractivity contribution in [1.82, 2.24) is 10.3 Å². The molecule has 2 aromatic rings. The number of rotatable bonds is 6. The number of carbonyl (C=O) groups is 2. The maximum Gasteiger partial charge on any atom is 0.358 e. The van der Waals surface area contributed by atoms with Gasteiger partial charge in [-0.3, -0.25) is 4.79 Å². The molecular formula is C17H20N2O3S. The minimum Gasteiger partial charge on any atom is -0.448 e. The highest BCUT2D eigenvalue weighted by molar-refractivity contribution is 7.13. The smallest absolute Gasteiger partial charge is 0.358 e. The molecular weight excluding hydrogens is 312 g/mol. The molecule has 0 aliphatic rings. The lowest BCUT2D eigenvalue weighted by atomic mass is 10.2. The van der Waals surface area contributed by atoms with E-state index < -0.39 is 12.1 Å². The van der Waals surface area contributed by atoms with Crippen LogP contribution in [0.1, 0.15) is 31.3 Å². The van der Waals surface area contributed by atoms with Gasteiger partial charge in [0.1, 0.15) is 5.01 Å². The van der Waals surface area contributed by atoms with Crippen LogP contribution in [0.25, 0.3) is 10.6 Å². The number of aromatic nitrogens is 1. The Kier molecular flexibility index (Phi) is 5.87. The van der Waals surface area contributed by atoms with Crippen molar-refractivity contribution in [2.24, 2.45) is 5.92 Å². The summed E-state index contributed by atoms with van der Waals surface area (Å²) in [6.07, 6.45) is -0.844. The Morgan fingerprint density at radius 2 is 1.91 bits per heavy atom. The fourth-order valence-electron chi connectivity index (χ4n) is 1.80. The lowest BCUT2D eigenvalue weighted by Gasteiger charge is -2.13. The number of amides is 1. The van der Waals surface area contributed by atoms with Gasteiger partial charge in [-0.1, -0.05) is 44.2 Å². The number of thiazole rings is 1.